The lowest BCUT2D eigenvalue weighted by atomic mass is 10.1. The van der Waals surface area contributed by atoms with E-state index in [0.717, 1.165) is 55.7 Å². The van der Waals surface area contributed by atoms with E-state index in [1.54, 1.807) is 30.5 Å². The van der Waals surface area contributed by atoms with E-state index >= 15 is 0 Å². The molecule has 1 saturated heterocycles. The lowest BCUT2D eigenvalue weighted by molar-refractivity contribution is 0.0925. The van der Waals surface area contributed by atoms with Gasteiger partial charge >= 0.3 is 0 Å². The molecule has 0 bridgehead atoms. The lowest BCUT2D eigenvalue weighted by Gasteiger charge is -2.33. The Balaban J connectivity index is 1.46. The predicted molar refractivity (Wildman–Crippen MR) is 115 cm³/mol. The second-order valence-electron chi connectivity index (χ2n) is 6.42. The van der Waals surface area contributed by atoms with Crippen molar-refractivity contribution in [3.8, 4) is 5.75 Å². The van der Waals surface area contributed by atoms with Crippen molar-refractivity contribution < 1.29 is 9.57 Å². The van der Waals surface area contributed by atoms with Crippen LogP contribution in [0.3, 0.4) is 0 Å². The predicted octanol–water partition coefficient (Wildman–Crippen LogP) is 4.42. The molecule has 6 nitrogen and oxygen atoms in total. The molecule has 9 heteroatoms. The highest BCUT2D eigenvalue weighted by atomic mass is 35.5. The van der Waals surface area contributed by atoms with E-state index in [-0.39, 0.29) is 6.10 Å². The first-order valence-electron chi connectivity index (χ1n) is 9.12. The van der Waals surface area contributed by atoms with E-state index in [1.807, 2.05) is 18.4 Å². The Hall–Kier alpha value is -1.25. The number of halogens is 2. The van der Waals surface area contributed by atoms with Crippen molar-refractivity contribution in [1.82, 2.24) is 14.9 Å². The summed E-state index contributed by atoms with van der Waals surface area (Å²) in [6.07, 6.45) is 5.85. The van der Waals surface area contributed by atoms with Crippen molar-refractivity contribution in [3.63, 3.8) is 0 Å². The summed E-state index contributed by atoms with van der Waals surface area (Å²) in [7, 11) is 1.66. The van der Waals surface area contributed by atoms with Gasteiger partial charge in [0, 0.05) is 38.0 Å². The zero-order chi connectivity index (χ0) is 19.9. The number of ether oxygens (including phenoxy) is 1. The molecule has 152 valence electrons. The molecule has 1 fully saturated rings. The highest BCUT2D eigenvalue weighted by Gasteiger charge is 2.21. The number of rotatable bonds is 8. The van der Waals surface area contributed by atoms with E-state index < -0.39 is 0 Å². The number of thioether (sulfide) groups is 1. The number of hydroxylamine groups is 1. The number of piperidine rings is 1. The molecule has 0 spiro atoms. The SMILES string of the molecule is CON(CCN1CCC(Oc2ccc(Cl)c(Cl)c2)CC1)c1ccnc(SC)n1. The fraction of sp³-hybridized carbons (Fsp3) is 0.474. The van der Waals surface area contributed by atoms with Gasteiger partial charge in [-0.1, -0.05) is 35.0 Å². The third-order valence-electron chi connectivity index (χ3n) is 4.63. The summed E-state index contributed by atoms with van der Waals surface area (Å²) in [4.78, 5) is 16.6. The standard InChI is InChI=1S/C19H24Cl2N4O2S/c1-26-25(18-5-8-22-19(23-18)28-2)12-11-24-9-6-14(7-10-24)27-15-3-4-16(20)17(21)13-15/h3-5,8,13-14H,6-7,9-12H2,1-2H3. The Kier molecular flexibility index (Phi) is 8.05. The van der Waals surface area contributed by atoms with Gasteiger partial charge in [-0.05, 0) is 31.2 Å². The maximum atomic E-state index is 6.06. The largest absolute Gasteiger partial charge is 0.490 e. The van der Waals surface area contributed by atoms with Crippen LogP contribution < -0.4 is 9.80 Å². The van der Waals surface area contributed by atoms with Gasteiger partial charge in [0.05, 0.1) is 23.7 Å². The number of benzene rings is 1. The van der Waals surface area contributed by atoms with Crippen molar-refractivity contribution in [1.29, 1.82) is 0 Å². The molecule has 0 amide bonds. The quantitative estimate of drug-likeness (QED) is 0.340. The molecular weight excluding hydrogens is 419 g/mol. The molecule has 0 N–H and O–H groups in total. The van der Waals surface area contributed by atoms with Gasteiger partial charge in [0.1, 0.15) is 11.9 Å². The number of aromatic nitrogens is 2. The van der Waals surface area contributed by atoms with E-state index in [2.05, 4.69) is 14.9 Å². The maximum absolute atomic E-state index is 6.06. The number of hydrogen-bond donors (Lipinski definition) is 0. The van der Waals surface area contributed by atoms with Crippen molar-refractivity contribution in [2.75, 3.05) is 44.6 Å². The van der Waals surface area contributed by atoms with Crippen LogP contribution in [-0.4, -0.2) is 60.5 Å². The Labute approximate surface area is 180 Å². The molecule has 1 aromatic heterocycles. The van der Waals surface area contributed by atoms with E-state index in [1.165, 1.54) is 11.8 Å². The Morgan fingerprint density at radius 2 is 2.00 bits per heavy atom. The molecule has 2 aromatic rings. The zero-order valence-electron chi connectivity index (χ0n) is 16.0. The van der Waals surface area contributed by atoms with Crippen LogP contribution in [0.5, 0.6) is 5.75 Å². The van der Waals surface area contributed by atoms with Crippen LogP contribution in [0.2, 0.25) is 10.0 Å². The van der Waals surface area contributed by atoms with Crippen LogP contribution in [0, 0.1) is 0 Å². The third-order valence-corrected chi connectivity index (χ3v) is 5.93. The average Bonchev–Trinajstić information content (AvgIpc) is 2.72. The molecule has 1 aliphatic rings. The molecular formula is C19H24Cl2N4O2S. The van der Waals surface area contributed by atoms with E-state index in [9.17, 15) is 0 Å². The first kappa shape index (κ1) is 21.5. The minimum atomic E-state index is 0.193. The average molecular weight is 443 g/mol. The monoisotopic (exact) mass is 442 g/mol. The minimum Gasteiger partial charge on any atom is -0.490 e. The smallest absolute Gasteiger partial charge is 0.189 e. The molecule has 2 heterocycles. The summed E-state index contributed by atoms with van der Waals surface area (Å²) < 4.78 is 6.06. The van der Waals surface area contributed by atoms with Crippen molar-refractivity contribution >= 4 is 40.8 Å². The zero-order valence-corrected chi connectivity index (χ0v) is 18.3. The number of likely N-dealkylation sites (tertiary alicyclic amines) is 1. The van der Waals surface area contributed by atoms with Gasteiger partial charge < -0.3 is 9.64 Å². The van der Waals surface area contributed by atoms with Gasteiger partial charge in [0.15, 0.2) is 11.0 Å². The molecule has 28 heavy (non-hydrogen) atoms. The molecule has 0 unspecified atom stereocenters. The summed E-state index contributed by atoms with van der Waals surface area (Å²) in [6, 6.07) is 7.27. The number of anilines is 1. The Morgan fingerprint density at radius 3 is 2.68 bits per heavy atom. The second-order valence-corrected chi connectivity index (χ2v) is 8.01. The number of nitrogens with zero attached hydrogens (tertiary/aromatic N) is 4. The topological polar surface area (TPSA) is 50.7 Å². The highest BCUT2D eigenvalue weighted by Crippen LogP contribution is 2.28. The van der Waals surface area contributed by atoms with E-state index in [4.69, 9.17) is 32.8 Å². The Bertz CT molecular complexity index is 775. The van der Waals surface area contributed by atoms with Crippen molar-refractivity contribution in [3.05, 3.63) is 40.5 Å². The summed E-state index contributed by atoms with van der Waals surface area (Å²) in [5.41, 5.74) is 0. The normalized spacial score (nSPS) is 15.6. The van der Waals surface area contributed by atoms with E-state index in [0.29, 0.717) is 10.0 Å². The van der Waals surface area contributed by atoms with Crippen molar-refractivity contribution in [2.24, 2.45) is 0 Å². The van der Waals surface area contributed by atoms with Crippen molar-refractivity contribution in [2.45, 2.75) is 24.1 Å². The molecule has 0 aliphatic carbocycles. The molecule has 1 aromatic carbocycles. The fourth-order valence-electron chi connectivity index (χ4n) is 3.09. The maximum Gasteiger partial charge on any atom is 0.189 e. The number of hydrogen-bond acceptors (Lipinski definition) is 7. The molecule has 0 radical (unpaired) electrons. The van der Waals surface area contributed by atoms with Gasteiger partial charge in [0.25, 0.3) is 0 Å². The fourth-order valence-corrected chi connectivity index (χ4v) is 3.73. The Morgan fingerprint density at radius 1 is 1.21 bits per heavy atom. The van der Waals surface area contributed by atoms with Crippen LogP contribution in [-0.2, 0) is 4.84 Å². The van der Waals surface area contributed by atoms with Crippen LogP contribution in [0.1, 0.15) is 12.8 Å². The first-order valence-corrected chi connectivity index (χ1v) is 11.1. The summed E-state index contributed by atoms with van der Waals surface area (Å²) in [6.45, 7) is 3.58. The van der Waals surface area contributed by atoms with Crippen LogP contribution in [0.15, 0.2) is 35.6 Å². The second kappa shape index (κ2) is 10.5. The summed E-state index contributed by atoms with van der Waals surface area (Å²) in [5, 5.41) is 3.60. The van der Waals surface area contributed by atoms with Gasteiger partial charge in [-0.25, -0.2) is 15.0 Å². The molecule has 3 rings (SSSR count). The van der Waals surface area contributed by atoms with Crippen LogP contribution in [0.4, 0.5) is 5.82 Å². The van der Waals surface area contributed by atoms with Gasteiger partial charge in [0.2, 0.25) is 0 Å². The van der Waals surface area contributed by atoms with Crippen LogP contribution >= 0.6 is 35.0 Å². The molecule has 0 saturated carbocycles. The highest BCUT2D eigenvalue weighted by molar-refractivity contribution is 7.98. The lowest BCUT2D eigenvalue weighted by Crippen LogP contribution is -2.42. The summed E-state index contributed by atoms with van der Waals surface area (Å²) >= 11 is 13.5. The summed E-state index contributed by atoms with van der Waals surface area (Å²) in [5.74, 6) is 1.55. The van der Waals surface area contributed by atoms with Gasteiger partial charge in [-0.15, -0.1) is 0 Å². The van der Waals surface area contributed by atoms with Gasteiger partial charge in [-0.2, -0.15) is 0 Å². The molecule has 0 atom stereocenters. The minimum absolute atomic E-state index is 0.193. The molecule has 1 aliphatic heterocycles. The third kappa shape index (κ3) is 5.87. The van der Waals surface area contributed by atoms with Crippen LogP contribution in [0.25, 0.3) is 0 Å². The first-order chi connectivity index (χ1) is 13.6. The van der Waals surface area contributed by atoms with Gasteiger partial charge in [-0.3, -0.25) is 4.84 Å².